The summed E-state index contributed by atoms with van der Waals surface area (Å²) in [7, 11) is 0. The van der Waals surface area contributed by atoms with Crippen LogP contribution < -0.4 is 10.5 Å². The highest BCUT2D eigenvalue weighted by Crippen LogP contribution is 2.19. The summed E-state index contributed by atoms with van der Waals surface area (Å²) in [5, 5.41) is 0. The highest BCUT2D eigenvalue weighted by molar-refractivity contribution is 5.38. The summed E-state index contributed by atoms with van der Waals surface area (Å²) in [6.07, 6.45) is 4.01. The van der Waals surface area contributed by atoms with Gasteiger partial charge in [0.05, 0.1) is 6.54 Å². The van der Waals surface area contributed by atoms with Gasteiger partial charge in [0, 0.05) is 18.7 Å². The normalized spacial score (nSPS) is 18.9. The first-order valence-corrected chi connectivity index (χ1v) is 7.96. The maximum Gasteiger partial charge on any atom is 0.119 e. The van der Waals surface area contributed by atoms with Gasteiger partial charge in [0.25, 0.3) is 0 Å². The first kappa shape index (κ1) is 15.9. The van der Waals surface area contributed by atoms with E-state index in [4.69, 9.17) is 10.5 Å². The van der Waals surface area contributed by atoms with E-state index in [0.717, 1.165) is 30.4 Å². The number of rotatable bonds is 5. The van der Waals surface area contributed by atoms with E-state index >= 15 is 0 Å². The first-order chi connectivity index (χ1) is 10.3. The molecule has 0 radical (unpaired) electrons. The highest BCUT2D eigenvalue weighted by Gasteiger charge is 2.17. The van der Waals surface area contributed by atoms with Gasteiger partial charge in [0.2, 0.25) is 0 Å². The van der Waals surface area contributed by atoms with Crippen molar-refractivity contribution in [3.05, 3.63) is 29.8 Å². The lowest BCUT2D eigenvalue weighted by Crippen LogP contribution is -2.37. The molecule has 0 bridgehead atoms. The second kappa shape index (κ2) is 8.71. The van der Waals surface area contributed by atoms with E-state index in [0.29, 0.717) is 6.54 Å². The second-order valence-corrected chi connectivity index (χ2v) is 5.60. The molecule has 1 fully saturated rings. The number of ether oxygens (including phenoxy) is 1. The first-order valence-electron chi connectivity index (χ1n) is 7.96. The smallest absolute Gasteiger partial charge is 0.119 e. The fraction of sp³-hybridized carbons (Fsp3) is 0.556. The molecule has 1 aromatic carbocycles. The Morgan fingerprint density at radius 3 is 2.86 bits per heavy atom. The standard InChI is InChI=1S/C18H26N2O/c1-2-16-6-4-12-20(15-16)13-14-21-18-9-7-17(8-10-18)5-3-11-19/h7-10,16H,2,4,6,11-15,19H2,1H3. The average molecular weight is 286 g/mol. The minimum absolute atomic E-state index is 0.396. The van der Waals surface area contributed by atoms with Gasteiger partial charge in [-0.2, -0.15) is 0 Å². The predicted octanol–water partition coefficient (Wildman–Crippen LogP) is 2.50. The van der Waals surface area contributed by atoms with E-state index in [1.807, 2.05) is 24.3 Å². The van der Waals surface area contributed by atoms with Crippen LogP contribution in [0.25, 0.3) is 0 Å². The van der Waals surface area contributed by atoms with Crippen LogP contribution in [0.3, 0.4) is 0 Å². The molecule has 1 aliphatic heterocycles. The molecule has 21 heavy (non-hydrogen) atoms. The van der Waals surface area contributed by atoms with E-state index in [-0.39, 0.29) is 0 Å². The van der Waals surface area contributed by atoms with Crippen molar-refractivity contribution in [1.29, 1.82) is 0 Å². The number of hydrogen-bond acceptors (Lipinski definition) is 3. The van der Waals surface area contributed by atoms with E-state index in [2.05, 4.69) is 23.7 Å². The molecular formula is C18H26N2O. The summed E-state index contributed by atoms with van der Waals surface area (Å²) >= 11 is 0. The van der Waals surface area contributed by atoms with Crippen molar-refractivity contribution in [3.63, 3.8) is 0 Å². The molecule has 114 valence electrons. The van der Waals surface area contributed by atoms with Crippen molar-refractivity contribution < 1.29 is 4.74 Å². The molecule has 2 N–H and O–H groups in total. The Morgan fingerprint density at radius 1 is 1.33 bits per heavy atom. The quantitative estimate of drug-likeness (QED) is 0.845. The molecule has 1 saturated heterocycles. The average Bonchev–Trinajstić information content (AvgIpc) is 2.54. The Bertz CT molecular complexity index is 472. The molecule has 1 aromatic rings. The van der Waals surface area contributed by atoms with Gasteiger partial charge in [-0.3, -0.25) is 4.90 Å². The summed E-state index contributed by atoms with van der Waals surface area (Å²) in [6.45, 7) is 6.91. The van der Waals surface area contributed by atoms with E-state index in [1.165, 1.54) is 32.4 Å². The van der Waals surface area contributed by atoms with Gasteiger partial charge >= 0.3 is 0 Å². The molecule has 1 unspecified atom stereocenters. The fourth-order valence-corrected chi connectivity index (χ4v) is 2.77. The van der Waals surface area contributed by atoms with Gasteiger partial charge in [0.15, 0.2) is 0 Å². The summed E-state index contributed by atoms with van der Waals surface area (Å²) in [5.41, 5.74) is 6.34. The summed E-state index contributed by atoms with van der Waals surface area (Å²) < 4.78 is 5.82. The van der Waals surface area contributed by atoms with Crippen molar-refractivity contribution in [3.8, 4) is 17.6 Å². The van der Waals surface area contributed by atoms with Crippen LogP contribution in [0, 0.1) is 17.8 Å². The van der Waals surface area contributed by atoms with Crippen LogP contribution in [-0.4, -0.2) is 37.7 Å². The number of likely N-dealkylation sites (tertiary alicyclic amines) is 1. The Kier molecular flexibility index (Phi) is 6.59. The lowest BCUT2D eigenvalue weighted by atomic mass is 9.96. The third-order valence-electron chi connectivity index (χ3n) is 4.05. The molecule has 3 nitrogen and oxygen atoms in total. The fourth-order valence-electron chi connectivity index (χ4n) is 2.77. The largest absolute Gasteiger partial charge is 0.492 e. The Morgan fingerprint density at radius 2 is 2.14 bits per heavy atom. The molecule has 0 spiro atoms. The predicted molar refractivity (Wildman–Crippen MR) is 87.3 cm³/mol. The zero-order chi connectivity index (χ0) is 14.9. The van der Waals surface area contributed by atoms with Gasteiger partial charge in [-0.25, -0.2) is 0 Å². The van der Waals surface area contributed by atoms with Crippen molar-refractivity contribution in [2.45, 2.75) is 26.2 Å². The number of nitrogens with zero attached hydrogens (tertiary/aromatic N) is 1. The lowest BCUT2D eigenvalue weighted by molar-refractivity contribution is 0.145. The van der Waals surface area contributed by atoms with Gasteiger partial charge in [0.1, 0.15) is 12.4 Å². The molecule has 0 aromatic heterocycles. The van der Waals surface area contributed by atoms with Crippen LogP contribution in [0.4, 0.5) is 0 Å². The van der Waals surface area contributed by atoms with E-state index < -0.39 is 0 Å². The van der Waals surface area contributed by atoms with Gasteiger partial charge < -0.3 is 10.5 Å². The van der Waals surface area contributed by atoms with E-state index in [1.54, 1.807) is 0 Å². The van der Waals surface area contributed by atoms with Gasteiger partial charge in [-0.1, -0.05) is 25.2 Å². The molecule has 0 aliphatic carbocycles. The molecule has 1 heterocycles. The molecule has 0 amide bonds. The summed E-state index contributed by atoms with van der Waals surface area (Å²) in [6, 6.07) is 7.91. The Balaban J connectivity index is 1.73. The van der Waals surface area contributed by atoms with Crippen molar-refractivity contribution in [1.82, 2.24) is 4.90 Å². The van der Waals surface area contributed by atoms with Crippen LogP contribution in [0.1, 0.15) is 31.7 Å². The molecule has 1 aliphatic rings. The minimum atomic E-state index is 0.396. The SMILES string of the molecule is CCC1CCCN(CCOc2ccc(C#CCN)cc2)C1. The van der Waals surface area contributed by atoms with Crippen LogP contribution in [0.2, 0.25) is 0 Å². The van der Waals surface area contributed by atoms with Crippen LogP contribution in [0.5, 0.6) is 5.75 Å². The highest BCUT2D eigenvalue weighted by atomic mass is 16.5. The molecule has 0 saturated carbocycles. The Hall–Kier alpha value is -1.50. The number of piperidine rings is 1. The number of nitrogens with two attached hydrogens (primary N) is 1. The van der Waals surface area contributed by atoms with Crippen molar-refractivity contribution >= 4 is 0 Å². The second-order valence-electron chi connectivity index (χ2n) is 5.60. The topological polar surface area (TPSA) is 38.5 Å². The molecule has 2 rings (SSSR count). The van der Waals surface area contributed by atoms with Crippen LogP contribution in [0.15, 0.2) is 24.3 Å². The number of benzene rings is 1. The number of hydrogen-bond donors (Lipinski definition) is 1. The maximum atomic E-state index is 5.82. The third kappa shape index (κ3) is 5.41. The van der Waals surface area contributed by atoms with Gasteiger partial charge in [-0.15, -0.1) is 0 Å². The van der Waals surface area contributed by atoms with Gasteiger partial charge in [-0.05, 0) is 49.6 Å². The van der Waals surface area contributed by atoms with Crippen LogP contribution >= 0.6 is 0 Å². The molecule has 1 atom stereocenters. The summed E-state index contributed by atoms with van der Waals surface area (Å²) in [5.74, 6) is 7.65. The third-order valence-corrected chi connectivity index (χ3v) is 4.05. The Labute approximate surface area is 128 Å². The minimum Gasteiger partial charge on any atom is -0.492 e. The molecular weight excluding hydrogens is 260 g/mol. The zero-order valence-electron chi connectivity index (χ0n) is 13.0. The monoisotopic (exact) mass is 286 g/mol. The van der Waals surface area contributed by atoms with E-state index in [9.17, 15) is 0 Å². The van der Waals surface area contributed by atoms with Crippen LogP contribution in [-0.2, 0) is 0 Å². The summed E-state index contributed by atoms with van der Waals surface area (Å²) in [4.78, 5) is 2.53. The van der Waals surface area contributed by atoms with Crippen molar-refractivity contribution in [2.75, 3.05) is 32.8 Å². The maximum absolute atomic E-state index is 5.82. The molecule has 3 heteroatoms. The van der Waals surface area contributed by atoms with Crippen molar-refractivity contribution in [2.24, 2.45) is 11.7 Å². The lowest BCUT2D eigenvalue weighted by Gasteiger charge is -2.32. The zero-order valence-corrected chi connectivity index (χ0v) is 13.0.